The van der Waals surface area contributed by atoms with E-state index in [9.17, 15) is 18.5 Å². The average molecular weight is 378 g/mol. The van der Waals surface area contributed by atoms with E-state index in [-0.39, 0.29) is 24.1 Å². The zero-order chi connectivity index (χ0) is 18.7. The number of piperidine rings is 1. The van der Waals surface area contributed by atoms with Gasteiger partial charge in [0.2, 0.25) is 15.9 Å². The average Bonchev–Trinajstić information content (AvgIpc) is 2.64. The van der Waals surface area contributed by atoms with Crippen LogP contribution in [0.2, 0.25) is 0 Å². The third kappa shape index (κ3) is 3.81. The van der Waals surface area contributed by atoms with Crippen molar-refractivity contribution in [1.82, 2.24) is 14.5 Å². The number of ether oxygens (including phenoxy) is 1. The number of hydrogen-bond donors (Lipinski definition) is 0. The maximum Gasteiger partial charge on any atom is 0.289 e. The maximum atomic E-state index is 12.8. The first-order valence-corrected chi connectivity index (χ1v) is 9.52. The number of aromatic nitrogens is 2. The summed E-state index contributed by atoms with van der Waals surface area (Å²) in [4.78, 5) is 10.2. The van der Waals surface area contributed by atoms with Crippen molar-refractivity contribution in [2.24, 2.45) is 0 Å². The van der Waals surface area contributed by atoms with Crippen LogP contribution in [0.15, 0.2) is 41.3 Å². The van der Waals surface area contributed by atoms with Crippen molar-refractivity contribution in [3.63, 3.8) is 0 Å². The summed E-state index contributed by atoms with van der Waals surface area (Å²) in [7, 11) is -3.93. The van der Waals surface area contributed by atoms with E-state index in [1.807, 2.05) is 6.92 Å². The summed E-state index contributed by atoms with van der Waals surface area (Å²) in [5.41, 5.74) is 0.364. The molecule has 0 amide bonds. The van der Waals surface area contributed by atoms with Crippen LogP contribution in [0.25, 0.3) is 0 Å². The number of para-hydroxylation sites is 1. The summed E-state index contributed by atoms with van der Waals surface area (Å²) in [5.74, 6) is 0.399. The maximum absolute atomic E-state index is 12.8. The van der Waals surface area contributed by atoms with Gasteiger partial charge in [-0.1, -0.05) is 12.1 Å². The third-order valence-corrected chi connectivity index (χ3v) is 6.09. The van der Waals surface area contributed by atoms with E-state index in [0.717, 1.165) is 5.69 Å². The molecule has 1 saturated heterocycles. The predicted molar refractivity (Wildman–Crippen MR) is 92.3 cm³/mol. The Morgan fingerprint density at radius 3 is 2.46 bits per heavy atom. The second-order valence-corrected chi connectivity index (χ2v) is 7.87. The second-order valence-electron chi connectivity index (χ2n) is 5.96. The monoisotopic (exact) mass is 378 g/mol. The molecule has 10 heteroatoms. The van der Waals surface area contributed by atoms with Gasteiger partial charge in [0.15, 0.2) is 4.90 Å². The summed E-state index contributed by atoms with van der Waals surface area (Å²) in [6.07, 6.45) is 0.759. The number of sulfonamides is 1. The highest BCUT2D eigenvalue weighted by Gasteiger charge is 2.34. The number of hydrogen-bond acceptors (Lipinski definition) is 7. The number of nitro benzene ring substituents is 1. The van der Waals surface area contributed by atoms with Crippen LogP contribution in [-0.4, -0.2) is 47.0 Å². The van der Waals surface area contributed by atoms with Crippen LogP contribution in [-0.2, 0) is 10.0 Å². The zero-order valence-corrected chi connectivity index (χ0v) is 14.9. The predicted octanol–water partition coefficient (Wildman–Crippen LogP) is 1.93. The molecule has 0 N–H and O–H groups in total. The minimum absolute atomic E-state index is 0.177. The van der Waals surface area contributed by atoms with Crippen LogP contribution in [0.3, 0.4) is 0 Å². The summed E-state index contributed by atoms with van der Waals surface area (Å²) in [6.45, 7) is 2.26. The Kier molecular flexibility index (Phi) is 5.14. The lowest BCUT2D eigenvalue weighted by atomic mass is 10.1. The Balaban J connectivity index is 1.69. The zero-order valence-electron chi connectivity index (χ0n) is 14.1. The summed E-state index contributed by atoms with van der Waals surface area (Å²) >= 11 is 0. The lowest BCUT2D eigenvalue weighted by Crippen LogP contribution is -2.41. The van der Waals surface area contributed by atoms with Crippen molar-refractivity contribution >= 4 is 15.7 Å². The standard InChI is InChI=1S/C16H18N4O5S/c1-12-6-7-16(18-17-12)25-13-8-10-19(11-9-13)26(23,24)15-5-3-2-4-14(15)20(21)22/h2-7,13H,8-11H2,1H3. The van der Waals surface area contributed by atoms with Gasteiger partial charge < -0.3 is 4.74 Å². The molecule has 0 radical (unpaired) electrons. The van der Waals surface area contributed by atoms with Gasteiger partial charge in [-0.05, 0) is 31.9 Å². The van der Waals surface area contributed by atoms with Gasteiger partial charge in [0.25, 0.3) is 5.69 Å². The molecule has 0 saturated carbocycles. The van der Waals surface area contributed by atoms with Crippen molar-refractivity contribution in [2.45, 2.75) is 30.8 Å². The molecule has 1 fully saturated rings. The molecule has 138 valence electrons. The molecule has 1 aromatic carbocycles. The summed E-state index contributed by atoms with van der Waals surface area (Å²) in [6, 6.07) is 8.89. The topological polar surface area (TPSA) is 116 Å². The molecule has 0 bridgehead atoms. The van der Waals surface area contributed by atoms with Crippen LogP contribution < -0.4 is 4.74 Å². The van der Waals surface area contributed by atoms with Gasteiger partial charge in [0.1, 0.15) is 6.10 Å². The quantitative estimate of drug-likeness (QED) is 0.576. The Bertz CT molecular complexity index is 893. The molecule has 2 heterocycles. The fourth-order valence-electron chi connectivity index (χ4n) is 2.78. The first kappa shape index (κ1) is 18.2. The molecule has 1 aliphatic rings. The molecule has 1 aliphatic heterocycles. The summed E-state index contributed by atoms with van der Waals surface area (Å²) < 4.78 is 32.5. The third-order valence-electron chi connectivity index (χ3n) is 4.14. The van der Waals surface area contributed by atoms with Crippen LogP contribution in [0.5, 0.6) is 5.88 Å². The van der Waals surface area contributed by atoms with Crippen molar-refractivity contribution in [3.05, 3.63) is 52.2 Å². The highest BCUT2D eigenvalue weighted by atomic mass is 32.2. The molecule has 26 heavy (non-hydrogen) atoms. The van der Waals surface area contributed by atoms with E-state index < -0.39 is 20.6 Å². The Morgan fingerprint density at radius 1 is 1.15 bits per heavy atom. The fraction of sp³-hybridized carbons (Fsp3) is 0.375. The molecule has 0 unspecified atom stereocenters. The number of rotatable bonds is 5. The molecular formula is C16H18N4O5S. The first-order chi connectivity index (χ1) is 12.4. The first-order valence-electron chi connectivity index (χ1n) is 8.08. The minimum Gasteiger partial charge on any atom is -0.473 e. The van der Waals surface area contributed by atoms with E-state index in [1.54, 1.807) is 12.1 Å². The normalized spacial score (nSPS) is 16.3. The van der Waals surface area contributed by atoms with Gasteiger partial charge >= 0.3 is 0 Å². The van der Waals surface area contributed by atoms with Crippen LogP contribution in [0.4, 0.5) is 5.69 Å². The minimum atomic E-state index is -3.93. The molecule has 2 aromatic rings. The van der Waals surface area contributed by atoms with Gasteiger partial charge in [-0.2, -0.15) is 9.40 Å². The number of benzene rings is 1. The van der Waals surface area contributed by atoms with Crippen molar-refractivity contribution in [3.8, 4) is 5.88 Å². The van der Waals surface area contributed by atoms with Gasteiger partial charge in [0.05, 0.1) is 10.6 Å². The highest BCUT2D eigenvalue weighted by Crippen LogP contribution is 2.28. The SMILES string of the molecule is Cc1ccc(OC2CCN(S(=O)(=O)c3ccccc3[N+](=O)[O-])CC2)nn1. The Labute approximate surface area is 150 Å². The van der Waals surface area contributed by atoms with E-state index in [1.165, 1.54) is 28.6 Å². The van der Waals surface area contributed by atoms with Crippen LogP contribution >= 0.6 is 0 Å². The lowest BCUT2D eigenvalue weighted by Gasteiger charge is -2.30. The molecular weight excluding hydrogens is 360 g/mol. The van der Waals surface area contributed by atoms with Gasteiger partial charge in [-0.25, -0.2) is 8.42 Å². The van der Waals surface area contributed by atoms with E-state index in [0.29, 0.717) is 18.7 Å². The number of aryl methyl sites for hydroxylation is 1. The Hall–Kier alpha value is -2.59. The van der Waals surface area contributed by atoms with Crippen LogP contribution in [0.1, 0.15) is 18.5 Å². The Morgan fingerprint density at radius 2 is 1.85 bits per heavy atom. The van der Waals surface area contributed by atoms with Crippen molar-refractivity contribution in [1.29, 1.82) is 0 Å². The van der Waals surface area contributed by atoms with E-state index >= 15 is 0 Å². The number of nitrogens with zero attached hydrogens (tertiary/aromatic N) is 4. The fourth-order valence-corrected chi connectivity index (χ4v) is 4.40. The molecule has 1 aromatic heterocycles. The lowest BCUT2D eigenvalue weighted by molar-refractivity contribution is -0.387. The second kappa shape index (κ2) is 7.34. The van der Waals surface area contributed by atoms with Gasteiger partial charge in [0, 0.05) is 25.2 Å². The van der Waals surface area contributed by atoms with Crippen molar-refractivity contribution < 1.29 is 18.1 Å². The number of nitro groups is 1. The molecule has 3 rings (SSSR count). The molecule has 0 aliphatic carbocycles. The van der Waals surface area contributed by atoms with Crippen LogP contribution in [0, 0.1) is 17.0 Å². The highest BCUT2D eigenvalue weighted by molar-refractivity contribution is 7.89. The van der Waals surface area contributed by atoms with Crippen molar-refractivity contribution in [2.75, 3.05) is 13.1 Å². The largest absolute Gasteiger partial charge is 0.473 e. The smallest absolute Gasteiger partial charge is 0.289 e. The molecule has 0 atom stereocenters. The van der Waals surface area contributed by atoms with Gasteiger partial charge in [-0.15, -0.1) is 5.10 Å². The molecule has 9 nitrogen and oxygen atoms in total. The van der Waals surface area contributed by atoms with E-state index in [4.69, 9.17) is 4.74 Å². The van der Waals surface area contributed by atoms with Gasteiger partial charge in [-0.3, -0.25) is 10.1 Å². The summed E-state index contributed by atoms with van der Waals surface area (Å²) in [5, 5.41) is 19.0. The van der Waals surface area contributed by atoms with E-state index in [2.05, 4.69) is 10.2 Å². The molecule has 0 spiro atoms.